The van der Waals surface area contributed by atoms with Gasteiger partial charge in [0.2, 0.25) is 0 Å². The third-order valence-corrected chi connectivity index (χ3v) is 8.58. The molecule has 0 N–H and O–H groups in total. The lowest BCUT2D eigenvalue weighted by atomic mass is 9.77. The van der Waals surface area contributed by atoms with Crippen molar-refractivity contribution in [3.05, 3.63) is 115 Å². The van der Waals surface area contributed by atoms with E-state index >= 15 is 0 Å². The zero-order valence-electron chi connectivity index (χ0n) is 23.3. The van der Waals surface area contributed by atoms with Crippen molar-refractivity contribution in [2.24, 2.45) is 0 Å². The van der Waals surface area contributed by atoms with Gasteiger partial charge in [0.15, 0.2) is 0 Å². The van der Waals surface area contributed by atoms with Gasteiger partial charge in [-0.1, -0.05) is 103 Å². The number of hydrogen-bond acceptors (Lipinski definition) is 3. The molecule has 1 saturated heterocycles. The zero-order valence-corrected chi connectivity index (χ0v) is 23.3. The fourth-order valence-electron chi connectivity index (χ4n) is 5.73. The standard InChI is InChI=1S/C36H31BO3/c1-35(2)36(3,4)40-37(39-35)24-21-22-34-32(23-24)30-18-10-8-16-28(30)26-14-6-5-13-25(26)27-15-7-9-17-29(27)31-19-11-12-20-33(31)38-34/h5-23H,1-4H3. The number of rotatable bonds is 1. The van der Waals surface area contributed by atoms with Crippen LogP contribution in [0.15, 0.2) is 115 Å². The minimum atomic E-state index is -0.468. The number of para-hydroxylation sites is 1. The summed E-state index contributed by atoms with van der Waals surface area (Å²) in [5, 5.41) is 0. The first-order valence-corrected chi connectivity index (χ1v) is 13.9. The summed E-state index contributed by atoms with van der Waals surface area (Å²) in [5.41, 5.74) is 9.10. The molecule has 5 aromatic rings. The molecular weight excluding hydrogens is 491 g/mol. The molecule has 2 aliphatic heterocycles. The Hall–Kier alpha value is -4.12. The van der Waals surface area contributed by atoms with E-state index in [1.165, 1.54) is 16.7 Å². The van der Waals surface area contributed by atoms with Crippen molar-refractivity contribution in [3.8, 4) is 56.0 Å². The molecular formula is C36H31BO3. The fraction of sp³-hybridized carbons (Fsp3) is 0.167. The summed E-state index contributed by atoms with van der Waals surface area (Å²) in [6.45, 7) is 8.34. The van der Waals surface area contributed by atoms with Crippen molar-refractivity contribution >= 4 is 12.6 Å². The summed E-state index contributed by atoms with van der Waals surface area (Å²) in [6.07, 6.45) is 0. The van der Waals surface area contributed by atoms with Crippen molar-refractivity contribution in [1.82, 2.24) is 0 Å². The molecule has 2 heterocycles. The highest BCUT2D eigenvalue weighted by Crippen LogP contribution is 2.47. The molecule has 0 unspecified atom stereocenters. The minimum absolute atomic E-state index is 0.423. The lowest BCUT2D eigenvalue weighted by Crippen LogP contribution is -2.41. The normalized spacial score (nSPS) is 16.4. The van der Waals surface area contributed by atoms with Crippen molar-refractivity contribution in [2.75, 3.05) is 0 Å². The Kier molecular flexibility index (Phi) is 5.74. The van der Waals surface area contributed by atoms with Crippen LogP contribution >= 0.6 is 0 Å². The molecule has 7 rings (SSSR count). The fourth-order valence-corrected chi connectivity index (χ4v) is 5.73. The van der Waals surface area contributed by atoms with Gasteiger partial charge in [-0.3, -0.25) is 0 Å². The maximum Gasteiger partial charge on any atom is 0.494 e. The maximum atomic E-state index is 6.80. The first-order chi connectivity index (χ1) is 19.3. The van der Waals surface area contributed by atoms with Gasteiger partial charge in [0.1, 0.15) is 11.5 Å². The topological polar surface area (TPSA) is 27.7 Å². The number of fused-ring (bicyclic) bond motifs is 9. The molecule has 0 radical (unpaired) electrons. The highest BCUT2D eigenvalue weighted by atomic mass is 16.7. The van der Waals surface area contributed by atoms with E-state index in [9.17, 15) is 0 Å². The highest BCUT2D eigenvalue weighted by molar-refractivity contribution is 6.62. The molecule has 0 saturated carbocycles. The lowest BCUT2D eigenvalue weighted by Gasteiger charge is -2.32. The quantitative estimate of drug-likeness (QED) is 0.202. The van der Waals surface area contributed by atoms with Crippen LogP contribution in [0.1, 0.15) is 27.7 Å². The Morgan fingerprint density at radius 1 is 0.425 bits per heavy atom. The molecule has 0 bridgehead atoms. The van der Waals surface area contributed by atoms with Crippen molar-refractivity contribution < 1.29 is 14.0 Å². The van der Waals surface area contributed by atoms with Gasteiger partial charge >= 0.3 is 7.12 Å². The lowest BCUT2D eigenvalue weighted by molar-refractivity contribution is 0.00578. The van der Waals surface area contributed by atoms with Gasteiger partial charge in [0, 0.05) is 11.1 Å². The SMILES string of the molecule is CC1(C)OB(c2ccc3c(c2)-c2ccccc2-c2ccccc2-c2ccccc2-c2ccccc2O3)OC1(C)C. The van der Waals surface area contributed by atoms with Crippen molar-refractivity contribution in [3.63, 3.8) is 0 Å². The summed E-state index contributed by atoms with van der Waals surface area (Å²) in [4.78, 5) is 0. The van der Waals surface area contributed by atoms with Gasteiger partial charge in [-0.25, -0.2) is 0 Å². The van der Waals surface area contributed by atoms with Gasteiger partial charge in [0.05, 0.1) is 11.2 Å². The van der Waals surface area contributed by atoms with Crippen LogP contribution in [-0.4, -0.2) is 18.3 Å². The first kappa shape index (κ1) is 24.9. The molecule has 40 heavy (non-hydrogen) atoms. The molecule has 3 nitrogen and oxygen atoms in total. The monoisotopic (exact) mass is 522 g/mol. The van der Waals surface area contributed by atoms with Gasteiger partial charge in [-0.15, -0.1) is 0 Å². The van der Waals surface area contributed by atoms with E-state index < -0.39 is 18.3 Å². The first-order valence-electron chi connectivity index (χ1n) is 13.9. The van der Waals surface area contributed by atoms with E-state index in [1.807, 2.05) is 12.1 Å². The molecule has 2 aliphatic rings. The van der Waals surface area contributed by atoms with Crippen molar-refractivity contribution in [2.45, 2.75) is 38.9 Å². The number of hydrogen-bond donors (Lipinski definition) is 0. The summed E-state index contributed by atoms with van der Waals surface area (Å²) in [7, 11) is -0.468. The maximum absolute atomic E-state index is 6.80. The molecule has 0 atom stereocenters. The number of ether oxygens (including phenoxy) is 1. The smallest absolute Gasteiger partial charge is 0.456 e. The largest absolute Gasteiger partial charge is 0.494 e. The van der Waals surface area contributed by atoms with Crippen molar-refractivity contribution in [1.29, 1.82) is 0 Å². The molecule has 196 valence electrons. The highest BCUT2D eigenvalue weighted by Gasteiger charge is 2.51. The average Bonchev–Trinajstić information content (AvgIpc) is 3.19. The molecule has 0 aliphatic carbocycles. The Morgan fingerprint density at radius 2 is 0.800 bits per heavy atom. The Balaban J connectivity index is 1.51. The second kappa shape index (κ2) is 9.23. The third-order valence-electron chi connectivity index (χ3n) is 8.58. The molecule has 0 aromatic heterocycles. The van der Waals surface area contributed by atoms with E-state index in [1.54, 1.807) is 0 Å². The summed E-state index contributed by atoms with van der Waals surface area (Å²) in [5.74, 6) is 1.61. The zero-order chi connectivity index (χ0) is 27.5. The predicted octanol–water partition coefficient (Wildman–Crippen LogP) is 8.76. The van der Waals surface area contributed by atoms with Crippen LogP contribution in [0.5, 0.6) is 11.5 Å². The minimum Gasteiger partial charge on any atom is -0.456 e. The van der Waals surface area contributed by atoms with Gasteiger partial charge in [-0.05, 0) is 78.7 Å². The van der Waals surface area contributed by atoms with E-state index in [4.69, 9.17) is 14.0 Å². The van der Waals surface area contributed by atoms with Crippen LogP contribution < -0.4 is 10.2 Å². The second-order valence-corrected chi connectivity index (χ2v) is 11.6. The van der Waals surface area contributed by atoms with Crippen LogP contribution in [0, 0.1) is 0 Å². The molecule has 1 fully saturated rings. The van der Waals surface area contributed by atoms with Gasteiger partial charge in [-0.2, -0.15) is 0 Å². The Morgan fingerprint density at radius 3 is 1.30 bits per heavy atom. The van der Waals surface area contributed by atoms with E-state index in [-0.39, 0.29) is 0 Å². The molecule has 5 aromatic carbocycles. The van der Waals surface area contributed by atoms with E-state index in [2.05, 4.69) is 131 Å². The van der Waals surface area contributed by atoms with Crippen LogP contribution in [-0.2, 0) is 9.31 Å². The average molecular weight is 522 g/mol. The van der Waals surface area contributed by atoms with Gasteiger partial charge in [0.25, 0.3) is 0 Å². The van der Waals surface area contributed by atoms with Crippen LogP contribution in [0.2, 0.25) is 0 Å². The van der Waals surface area contributed by atoms with Gasteiger partial charge < -0.3 is 14.0 Å². The number of benzene rings is 5. The second-order valence-electron chi connectivity index (χ2n) is 11.6. The summed E-state index contributed by atoms with van der Waals surface area (Å²) in [6, 6.07) is 40.4. The third kappa shape index (κ3) is 3.99. The van der Waals surface area contributed by atoms with E-state index in [0.717, 1.165) is 44.8 Å². The molecule has 0 amide bonds. The Labute approximate surface area is 236 Å². The van der Waals surface area contributed by atoms with Crippen LogP contribution in [0.3, 0.4) is 0 Å². The van der Waals surface area contributed by atoms with E-state index in [0.29, 0.717) is 0 Å². The Bertz CT molecular complexity index is 1740. The van der Waals surface area contributed by atoms with Crippen LogP contribution in [0.25, 0.3) is 44.5 Å². The molecule has 4 heteroatoms. The summed E-state index contributed by atoms with van der Waals surface area (Å²) >= 11 is 0. The molecule has 0 spiro atoms. The van der Waals surface area contributed by atoms with Crippen LogP contribution in [0.4, 0.5) is 0 Å². The predicted molar refractivity (Wildman–Crippen MR) is 164 cm³/mol. The summed E-state index contributed by atoms with van der Waals surface area (Å²) < 4.78 is 19.7.